The molecule has 1 aromatic rings. The molecule has 6 nitrogen and oxygen atoms in total. The van der Waals surface area contributed by atoms with Crippen molar-refractivity contribution < 1.29 is 14.3 Å². The van der Waals surface area contributed by atoms with Gasteiger partial charge in [0.25, 0.3) is 5.91 Å². The molecule has 1 saturated heterocycles. The molecule has 116 valence electrons. The number of carbonyl (C=O) groups is 2. The van der Waals surface area contributed by atoms with E-state index in [0.717, 1.165) is 24.4 Å². The average Bonchev–Trinajstić information content (AvgIpc) is 3.01. The summed E-state index contributed by atoms with van der Waals surface area (Å²) in [6, 6.07) is 1.90. The number of hydrogen-bond donors (Lipinski definition) is 2. The monoisotopic (exact) mass is 293 g/mol. The zero-order chi connectivity index (χ0) is 15.6. The molecule has 2 heterocycles. The fraction of sp³-hybridized carbons (Fsp3) is 0.600. The lowest BCUT2D eigenvalue weighted by molar-refractivity contribution is -0.128. The number of carbonyl (C=O) groups excluding carboxylic acids is 2. The zero-order valence-electron chi connectivity index (χ0n) is 12.8. The molecule has 0 radical (unpaired) electrons. The van der Waals surface area contributed by atoms with Crippen molar-refractivity contribution in [3.63, 3.8) is 0 Å². The van der Waals surface area contributed by atoms with Crippen LogP contribution in [-0.2, 0) is 16.1 Å². The van der Waals surface area contributed by atoms with Crippen molar-refractivity contribution in [1.82, 2.24) is 9.88 Å². The van der Waals surface area contributed by atoms with Gasteiger partial charge in [0.15, 0.2) is 0 Å². The minimum Gasteiger partial charge on any atom is -0.367 e. The van der Waals surface area contributed by atoms with E-state index in [9.17, 15) is 9.59 Å². The highest BCUT2D eigenvalue weighted by atomic mass is 16.5. The van der Waals surface area contributed by atoms with Gasteiger partial charge in [-0.05, 0) is 39.7 Å². The number of amides is 2. The van der Waals surface area contributed by atoms with Crippen molar-refractivity contribution in [2.24, 2.45) is 5.73 Å². The second kappa shape index (κ2) is 6.30. The molecule has 21 heavy (non-hydrogen) atoms. The third kappa shape index (κ3) is 3.26. The maximum absolute atomic E-state index is 12.2. The average molecular weight is 293 g/mol. The molecule has 1 aliphatic heterocycles. The fourth-order valence-electron chi connectivity index (χ4n) is 2.88. The van der Waals surface area contributed by atoms with Crippen LogP contribution >= 0.6 is 0 Å². The Bertz CT molecular complexity index is 551. The minimum atomic E-state index is -0.517. The highest BCUT2D eigenvalue weighted by Gasteiger charge is 2.29. The van der Waals surface area contributed by atoms with Crippen molar-refractivity contribution in [1.29, 1.82) is 0 Å². The first-order chi connectivity index (χ1) is 9.93. The molecule has 0 spiro atoms. The van der Waals surface area contributed by atoms with Gasteiger partial charge in [-0.1, -0.05) is 0 Å². The quantitative estimate of drug-likeness (QED) is 0.845. The number of rotatable bonds is 5. The molecule has 2 rings (SSSR count). The first-order valence-corrected chi connectivity index (χ1v) is 7.33. The third-order valence-corrected chi connectivity index (χ3v) is 4.05. The maximum Gasteiger partial charge on any atom is 0.253 e. The van der Waals surface area contributed by atoms with Gasteiger partial charge in [-0.25, -0.2) is 0 Å². The Morgan fingerprint density at radius 1 is 1.43 bits per heavy atom. The number of nitrogens with one attached hydrogen (secondary N) is 1. The van der Waals surface area contributed by atoms with Gasteiger partial charge in [-0.2, -0.15) is 0 Å². The predicted octanol–water partition coefficient (Wildman–Crippen LogP) is 0.888. The Balaban J connectivity index is 1.93. The predicted molar refractivity (Wildman–Crippen MR) is 79.0 cm³/mol. The van der Waals surface area contributed by atoms with Crippen LogP contribution < -0.4 is 11.1 Å². The van der Waals surface area contributed by atoms with Gasteiger partial charge in [0.05, 0.1) is 11.7 Å². The Labute approximate surface area is 124 Å². The van der Waals surface area contributed by atoms with Crippen LogP contribution in [-0.4, -0.2) is 35.1 Å². The number of aromatic nitrogens is 1. The largest absolute Gasteiger partial charge is 0.367 e. The van der Waals surface area contributed by atoms with E-state index in [1.165, 1.54) is 0 Å². The van der Waals surface area contributed by atoms with Gasteiger partial charge in [0.2, 0.25) is 5.91 Å². The molecule has 1 fully saturated rings. The molecule has 1 aliphatic rings. The van der Waals surface area contributed by atoms with Crippen molar-refractivity contribution in [2.45, 2.75) is 52.4 Å². The Hall–Kier alpha value is -1.82. The highest BCUT2D eigenvalue weighted by Crippen LogP contribution is 2.19. The summed E-state index contributed by atoms with van der Waals surface area (Å²) in [5, 5.41) is 2.88. The van der Waals surface area contributed by atoms with Crippen LogP contribution in [0.5, 0.6) is 0 Å². The lowest BCUT2D eigenvalue weighted by atomic mass is 10.2. The standard InChI is InChI=1S/C15H23N3O3/c1-4-18-9(2)7-12(10(18)3)15(20)17-8-11-5-6-13(21-11)14(16)19/h7,11,13H,4-6,8H2,1-3H3,(H2,16,19)(H,17,20)/t11-,13-/m0/s1. The SMILES string of the molecule is CCn1c(C)cc(C(=O)NC[C@@H]2CC[C@@H](C(N)=O)O2)c1C. The van der Waals surface area contributed by atoms with E-state index < -0.39 is 12.0 Å². The van der Waals surface area contributed by atoms with Gasteiger partial charge in [-0.15, -0.1) is 0 Å². The summed E-state index contributed by atoms with van der Waals surface area (Å²) in [5.74, 6) is -0.538. The highest BCUT2D eigenvalue weighted by molar-refractivity contribution is 5.95. The molecule has 0 aromatic carbocycles. The smallest absolute Gasteiger partial charge is 0.253 e. The molecular formula is C15H23N3O3. The van der Waals surface area contributed by atoms with E-state index in [1.807, 2.05) is 19.9 Å². The topological polar surface area (TPSA) is 86.4 Å². The number of hydrogen-bond acceptors (Lipinski definition) is 3. The van der Waals surface area contributed by atoms with Crippen LogP contribution in [0.15, 0.2) is 6.07 Å². The number of nitrogens with two attached hydrogens (primary N) is 1. The van der Waals surface area contributed by atoms with Gasteiger partial charge in [0, 0.05) is 24.5 Å². The van der Waals surface area contributed by atoms with Crippen LogP contribution in [0.1, 0.15) is 41.5 Å². The van der Waals surface area contributed by atoms with Gasteiger partial charge >= 0.3 is 0 Å². The van der Waals surface area contributed by atoms with E-state index in [1.54, 1.807) is 0 Å². The zero-order valence-corrected chi connectivity index (χ0v) is 12.8. The summed E-state index contributed by atoms with van der Waals surface area (Å²) in [7, 11) is 0. The third-order valence-electron chi connectivity index (χ3n) is 4.05. The maximum atomic E-state index is 12.2. The van der Waals surface area contributed by atoms with E-state index in [-0.39, 0.29) is 12.0 Å². The summed E-state index contributed by atoms with van der Waals surface area (Å²) >= 11 is 0. The summed E-state index contributed by atoms with van der Waals surface area (Å²) in [6.07, 6.45) is 0.709. The molecule has 2 amide bonds. The summed E-state index contributed by atoms with van der Waals surface area (Å²) < 4.78 is 7.60. The van der Waals surface area contributed by atoms with Crippen LogP contribution in [0.3, 0.4) is 0 Å². The van der Waals surface area contributed by atoms with E-state index in [2.05, 4.69) is 16.8 Å². The van der Waals surface area contributed by atoms with Crippen molar-refractivity contribution in [3.8, 4) is 0 Å². The molecule has 2 atom stereocenters. The van der Waals surface area contributed by atoms with Crippen molar-refractivity contribution in [3.05, 3.63) is 23.0 Å². The number of ether oxygens (including phenoxy) is 1. The Kier molecular flexibility index (Phi) is 4.67. The Morgan fingerprint density at radius 2 is 2.14 bits per heavy atom. The Morgan fingerprint density at radius 3 is 2.67 bits per heavy atom. The second-order valence-electron chi connectivity index (χ2n) is 5.47. The lowest BCUT2D eigenvalue weighted by Gasteiger charge is -2.13. The number of primary amides is 1. The van der Waals surface area contributed by atoms with E-state index in [4.69, 9.17) is 10.5 Å². The minimum absolute atomic E-state index is 0.103. The molecule has 0 bridgehead atoms. The van der Waals surface area contributed by atoms with E-state index >= 15 is 0 Å². The van der Waals surface area contributed by atoms with Gasteiger partial charge in [-0.3, -0.25) is 9.59 Å². The normalized spacial score (nSPS) is 21.5. The van der Waals surface area contributed by atoms with Gasteiger partial charge in [0.1, 0.15) is 6.10 Å². The van der Waals surface area contributed by atoms with E-state index in [0.29, 0.717) is 18.5 Å². The molecule has 0 saturated carbocycles. The van der Waals surface area contributed by atoms with Crippen LogP contribution in [0.2, 0.25) is 0 Å². The van der Waals surface area contributed by atoms with Crippen LogP contribution in [0.4, 0.5) is 0 Å². The number of aryl methyl sites for hydroxylation is 1. The molecule has 1 aromatic heterocycles. The molecular weight excluding hydrogens is 270 g/mol. The number of nitrogens with zero attached hydrogens (tertiary/aromatic N) is 1. The van der Waals surface area contributed by atoms with Crippen molar-refractivity contribution >= 4 is 11.8 Å². The molecule has 0 aliphatic carbocycles. The summed E-state index contributed by atoms with van der Waals surface area (Å²) in [5.41, 5.74) is 7.94. The van der Waals surface area contributed by atoms with Crippen molar-refractivity contribution in [2.75, 3.05) is 6.54 Å². The van der Waals surface area contributed by atoms with Crippen LogP contribution in [0.25, 0.3) is 0 Å². The molecule has 0 unspecified atom stereocenters. The summed E-state index contributed by atoms with van der Waals surface area (Å²) in [4.78, 5) is 23.3. The molecule has 3 N–H and O–H groups in total. The van der Waals surface area contributed by atoms with Gasteiger partial charge < -0.3 is 20.4 Å². The first kappa shape index (κ1) is 15.6. The lowest BCUT2D eigenvalue weighted by Crippen LogP contribution is -2.34. The second-order valence-corrected chi connectivity index (χ2v) is 5.47. The summed E-state index contributed by atoms with van der Waals surface area (Å²) in [6.45, 7) is 7.23. The molecule has 6 heteroatoms. The fourth-order valence-corrected chi connectivity index (χ4v) is 2.88. The first-order valence-electron chi connectivity index (χ1n) is 7.33. The van der Waals surface area contributed by atoms with Crippen LogP contribution in [0, 0.1) is 13.8 Å².